The molecule has 2 aromatic rings. The van der Waals surface area contributed by atoms with Gasteiger partial charge in [0.2, 0.25) is 0 Å². The molecule has 0 aliphatic rings. The lowest BCUT2D eigenvalue weighted by atomic mass is 10.1. The molecule has 0 amide bonds. The summed E-state index contributed by atoms with van der Waals surface area (Å²) in [7, 11) is -1.16. The lowest BCUT2D eigenvalue weighted by molar-refractivity contribution is -0.116. The molecule has 6 nitrogen and oxygen atoms in total. The number of ketones is 2. The molecule has 2 aromatic heterocycles. The molecule has 7 heteroatoms. The Labute approximate surface area is 155 Å². The Kier molecular flexibility index (Phi) is 6.72. The maximum Gasteiger partial charge on any atom is 0.172 e. The van der Waals surface area contributed by atoms with Crippen molar-refractivity contribution in [1.29, 1.82) is 0 Å². The van der Waals surface area contributed by atoms with E-state index in [2.05, 4.69) is 24.6 Å². The van der Waals surface area contributed by atoms with Crippen LogP contribution in [0.25, 0.3) is 11.0 Å². The Morgan fingerprint density at radius 2 is 2.00 bits per heavy atom. The van der Waals surface area contributed by atoms with E-state index in [9.17, 15) is 9.59 Å². The fourth-order valence-electron chi connectivity index (χ4n) is 2.63. The number of nitrogens with zero attached hydrogens (tertiary/aromatic N) is 2. The van der Waals surface area contributed by atoms with Crippen molar-refractivity contribution < 1.29 is 19.1 Å². The number of carbonyl (C=O) groups is 2. The lowest BCUT2D eigenvalue weighted by Crippen LogP contribution is -2.22. The number of fused-ring (bicyclic) bond motifs is 1. The molecule has 2 heterocycles. The molecule has 142 valence electrons. The molecule has 0 radical (unpaired) electrons. The molecule has 0 aromatic carbocycles. The summed E-state index contributed by atoms with van der Waals surface area (Å²) in [5.74, 6) is 0.215. The molecule has 0 aliphatic heterocycles. The van der Waals surface area contributed by atoms with E-state index in [1.165, 1.54) is 6.92 Å². The zero-order chi connectivity index (χ0) is 19.3. The number of rotatable bonds is 10. The topological polar surface area (TPSA) is 70.4 Å². The first kappa shape index (κ1) is 20.3. The molecule has 0 spiro atoms. The number of ether oxygens (including phenoxy) is 2. The van der Waals surface area contributed by atoms with Crippen molar-refractivity contribution in [1.82, 2.24) is 9.55 Å². The van der Waals surface area contributed by atoms with Gasteiger partial charge in [0, 0.05) is 32.6 Å². The summed E-state index contributed by atoms with van der Waals surface area (Å²) < 4.78 is 13.3. The van der Waals surface area contributed by atoms with E-state index >= 15 is 0 Å². The highest BCUT2D eigenvalue weighted by atomic mass is 28.3. The molecule has 2 rings (SSSR count). The van der Waals surface area contributed by atoms with Gasteiger partial charge in [0.05, 0.1) is 18.4 Å². The van der Waals surface area contributed by atoms with Crippen LogP contribution in [0, 0.1) is 0 Å². The van der Waals surface area contributed by atoms with E-state index in [-0.39, 0.29) is 18.0 Å². The fraction of sp³-hybridized carbons (Fsp3) is 0.526. The van der Waals surface area contributed by atoms with Crippen LogP contribution in [-0.2, 0) is 16.3 Å². The van der Waals surface area contributed by atoms with Crippen LogP contribution in [0.2, 0.25) is 25.7 Å². The van der Waals surface area contributed by atoms with Gasteiger partial charge in [0.25, 0.3) is 0 Å². The maximum absolute atomic E-state index is 12.5. The summed E-state index contributed by atoms with van der Waals surface area (Å²) in [6.45, 7) is 11.7. The number of Topliss-reactive ketones (excluding diaryl/α,β-unsaturated/α-hetero) is 2. The van der Waals surface area contributed by atoms with Crippen molar-refractivity contribution in [3.8, 4) is 5.75 Å². The van der Waals surface area contributed by atoms with Crippen LogP contribution in [0.3, 0.4) is 0 Å². The first-order chi connectivity index (χ1) is 12.2. The molecular weight excluding hydrogens is 348 g/mol. The van der Waals surface area contributed by atoms with Crippen LogP contribution in [0.4, 0.5) is 0 Å². The van der Waals surface area contributed by atoms with Crippen LogP contribution >= 0.6 is 0 Å². The number of aromatic nitrogens is 2. The Bertz CT molecular complexity index is 793. The van der Waals surface area contributed by atoms with E-state index in [1.54, 1.807) is 18.5 Å². The van der Waals surface area contributed by atoms with Gasteiger partial charge in [-0.2, -0.15) is 0 Å². The SMILES string of the molecule is CCOc1ccnc2c1c(C(=O)CC(C)=O)cn2COCC[Si](C)(C)C. The smallest absolute Gasteiger partial charge is 0.172 e. The normalized spacial score (nSPS) is 11.7. The number of carbonyl (C=O) groups excluding carboxylic acids is 2. The van der Waals surface area contributed by atoms with E-state index in [0.717, 1.165) is 6.04 Å². The number of hydrogen-bond acceptors (Lipinski definition) is 5. The zero-order valence-electron chi connectivity index (χ0n) is 16.3. The molecule has 0 fully saturated rings. The van der Waals surface area contributed by atoms with Crippen molar-refractivity contribution >= 4 is 30.7 Å². The van der Waals surface area contributed by atoms with Crippen LogP contribution in [0.5, 0.6) is 5.75 Å². The molecule has 0 aliphatic carbocycles. The quantitative estimate of drug-likeness (QED) is 0.272. The number of pyridine rings is 1. The Balaban J connectivity index is 2.34. The van der Waals surface area contributed by atoms with Crippen LogP contribution in [0.1, 0.15) is 30.6 Å². The largest absolute Gasteiger partial charge is 0.493 e. The van der Waals surface area contributed by atoms with Crippen molar-refractivity contribution in [2.75, 3.05) is 13.2 Å². The molecule has 0 N–H and O–H groups in total. The predicted molar refractivity (Wildman–Crippen MR) is 105 cm³/mol. The minimum atomic E-state index is -1.16. The van der Waals surface area contributed by atoms with Gasteiger partial charge in [-0.05, 0) is 26.0 Å². The van der Waals surface area contributed by atoms with E-state index in [4.69, 9.17) is 9.47 Å². The summed E-state index contributed by atoms with van der Waals surface area (Å²) in [5, 5.41) is 0.648. The van der Waals surface area contributed by atoms with Gasteiger partial charge in [0.1, 0.15) is 23.9 Å². The molecule has 0 unspecified atom stereocenters. The first-order valence-electron chi connectivity index (χ1n) is 8.94. The summed E-state index contributed by atoms with van der Waals surface area (Å²) in [5.41, 5.74) is 1.09. The van der Waals surface area contributed by atoms with Crippen molar-refractivity contribution in [3.63, 3.8) is 0 Å². The molecule has 0 saturated heterocycles. The third-order valence-corrected chi connectivity index (χ3v) is 5.66. The first-order valence-corrected chi connectivity index (χ1v) is 12.6. The van der Waals surface area contributed by atoms with Gasteiger partial charge in [-0.25, -0.2) is 4.98 Å². The minimum absolute atomic E-state index is 0.129. The van der Waals surface area contributed by atoms with Crippen LogP contribution < -0.4 is 4.74 Å². The monoisotopic (exact) mass is 376 g/mol. The van der Waals surface area contributed by atoms with E-state index in [1.807, 2.05) is 11.5 Å². The van der Waals surface area contributed by atoms with E-state index < -0.39 is 8.07 Å². The average Bonchev–Trinajstić information content (AvgIpc) is 2.90. The minimum Gasteiger partial charge on any atom is -0.493 e. The average molecular weight is 377 g/mol. The lowest BCUT2D eigenvalue weighted by Gasteiger charge is -2.15. The molecule has 26 heavy (non-hydrogen) atoms. The predicted octanol–water partition coefficient (Wildman–Crippen LogP) is 3.91. The van der Waals surface area contributed by atoms with Crippen LogP contribution in [-0.4, -0.2) is 42.4 Å². The Hall–Kier alpha value is -1.99. The van der Waals surface area contributed by atoms with Gasteiger partial charge in [-0.3, -0.25) is 9.59 Å². The molecule has 0 atom stereocenters. The van der Waals surface area contributed by atoms with Crippen molar-refractivity contribution in [2.45, 2.75) is 52.7 Å². The third kappa shape index (κ3) is 5.25. The second kappa shape index (κ2) is 8.59. The van der Waals surface area contributed by atoms with Gasteiger partial charge >= 0.3 is 0 Å². The summed E-state index contributed by atoms with van der Waals surface area (Å²) in [6, 6.07) is 2.81. The number of hydrogen-bond donors (Lipinski definition) is 0. The Morgan fingerprint density at radius 3 is 2.62 bits per heavy atom. The maximum atomic E-state index is 12.5. The van der Waals surface area contributed by atoms with Gasteiger partial charge in [-0.15, -0.1) is 0 Å². The van der Waals surface area contributed by atoms with Gasteiger partial charge < -0.3 is 14.0 Å². The highest BCUT2D eigenvalue weighted by molar-refractivity contribution is 6.76. The summed E-state index contributed by atoms with van der Waals surface area (Å²) in [6.07, 6.45) is 3.25. The third-order valence-electron chi connectivity index (χ3n) is 3.96. The summed E-state index contributed by atoms with van der Waals surface area (Å²) in [4.78, 5) is 28.3. The molecular formula is C19H28N2O4Si. The summed E-state index contributed by atoms with van der Waals surface area (Å²) >= 11 is 0. The van der Waals surface area contributed by atoms with Crippen molar-refractivity contribution in [2.24, 2.45) is 0 Å². The van der Waals surface area contributed by atoms with Gasteiger partial charge in [-0.1, -0.05) is 19.6 Å². The van der Waals surface area contributed by atoms with Crippen LogP contribution in [0.15, 0.2) is 18.5 Å². The molecule has 0 bridgehead atoms. The standard InChI is InChI=1S/C19H28N2O4Si/c1-6-25-17-7-8-20-19-18(17)15(16(23)11-14(2)22)12-21(19)13-24-9-10-26(3,4)5/h7-8,12H,6,9-11,13H2,1-5H3. The highest BCUT2D eigenvalue weighted by Gasteiger charge is 2.21. The van der Waals surface area contributed by atoms with Gasteiger partial charge in [0.15, 0.2) is 5.78 Å². The second-order valence-electron chi connectivity index (χ2n) is 7.60. The van der Waals surface area contributed by atoms with Crippen molar-refractivity contribution in [3.05, 3.63) is 24.0 Å². The zero-order valence-corrected chi connectivity index (χ0v) is 17.3. The highest BCUT2D eigenvalue weighted by Crippen LogP contribution is 2.30. The fourth-order valence-corrected chi connectivity index (χ4v) is 3.39. The second-order valence-corrected chi connectivity index (χ2v) is 13.2. The Morgan fingerprint density at radius 1 is 1.27 bits per heavy atom. The van der Waals surface area contributed by atoms with E-state index in [0.29, 0.717) is 42.3 Å². The molecule has 0 saturated carbocycles.